The van der Waals surface area contributed by atoms with Gasteiger partial charge in [0.05, 0.1) is 17.3 Å². The molecule has 0 atom stereocenters. The number of hydrogen-bond acceptors (Lipinski definition) is 3. The summed E-state index contributed by atoms with van der Waals surface area (Å²) in [4.78, 5) is 11.3. The first kappa shape index (κ1) is 10.7. The van der Waals surface area contributed by atoms with E-state index in [1.807, 2.05) is 27.7 Å². The highest BCUT2D eigenvalue weighted by atomic mass is 16.2. The molecule has 14 heavy (non-hydrogen) atoms. The molecule has 1 rings (SSSR count). The standard InChI is InChI=1S/C9H16N4O/c1-6-7(8(14)12-10)5-11-13(6)9(2,3)4/h5H,10H2,1-4H3,(H,12,14). The lowest BCUT2D eigenvalue weighted by molar-refractivity contribution is 0.0953. The lowest BCUT2D eigenvalue weighted by Gasteiger charge is -2.21. The number of carbonyl (C=O) groups excluding carboxylic acids is 1. The fraction of sp³-hybridized carbons (Fsp3) is 0.556. The summed E-state index contributed by atoms with van der Waals surface area (Å²) in [5.41, 5.74) is 3.30. The van der Waals surface area contributed by atoms with Crippen LogP contribution in [0.4, 0.5) is 0 Å². The van der Waals surface area contributed by atoms with Crippen LogP contribution in [-0.2, 0) is 5.54 Å². The van der Waals surface area contributed by atoms with E-state index in [-0.39, 0.29) is 11.4 Å². The van der Waals surface area contributed by atoms with E-state index in [0.29, 0.717) is 5.56 Å². The molecule has 1 amide bonds. The summed E-state index contributed by atoms with van der Waals surface area (Å²) in [5, 5.41) is 4.16. The third kappa shape index (κ3) is 1.77. The molecular formula is C9H16N4O. The van der Waals surface area contributed by atoms with Crippen molar-refractivity contribution in [1.29, 1.82) is 0 Å². The van der Waals surface area contributed by atoms with Gasteiger partial charge < -0.3 is 0 Å². The summed E-state index contributed by atoms with van der Waals surface area (Å²) in [6.07, 6.45) is 1.53. The molecule has 0 radical (unpaired) electrons. The zero-order valence-electron chi connectivity index (χ0n) is 8.96. The van der Waals surface area contributed by atoms with Gasteiger partial charge in [0.1, 0.15) is 0 Å². The van der Waals surface area contributed by atoms with Gasteiger partial charge in [-0.2, -0.15) is 5.10 Å². The Morgan fingerprint density at radius 1 is 1.57 bits per heavy atom. The van der Waals surface area contributed by atoms with Crippen molar-refractivity contribution in [2.45, 2.75) is 33.2 Å². The first-order valence-electron chi connectivity index (χ1n) is 4.44. The number of nitrogens with zero attached hydrogens (tertiary/aromatic N) is 2. The molecule has 0 spiro atoms. The molecule has 0 fully saturated rings. The van der Waals surface area contributed by atoms with Gasteiger partial charge in [-0.1, -0.05) is 0 Å². The second kappa shape index (κ2) is 3.42. The molecule has 0 bridgehead atoms. The van der Waals surface area contributed by atoms with Crippen LogP contribution >= 0.6 is 0 Å². The molecule has 0 unspecified atom stereocenters. The third-order valence-electron chi connectivity index (χ3n) is 2.02. The number of hydrogen-bond donors (Lipinski definition) is 2. The van der Waals surface area contributed by atoms with Crippen LogP contribution in [0.3, 0.4) is 0 Å². The van der Waals surface area contributed by atoms with E-state index in [2.05, 4.69) is 10.5 Å². The van der Waals surface area contributed by atoms with Gasteiger partial charge in [-0.05, 0) is 27.7 Å². The van der Waals surface area contributed by atoms with Crippen molar-refractivity contribution in [2.24, 2.45) is 5.84 Å². The van der Waals surface area contributed by atoms with Gasteiger partial charge in [-0.15, -0.1) is 0 Å². The molecule has 0 saturated heterocycles. The quantitative estimate of drug-likeness (QED) is 0.391. The minimum Gasteiger partial charge on any atom is -0.290 e. The van der Waals surface area contributed by atoms with E-state index in [1.54, 1.807) is 4.68 Å². The number of carbonyl (C=O) groups is 1. The molecule has 5 heteroatoms. The molecule has 1 aromatic rings. The fourth-order valence-electron chi connectivity index (χ4n) is 1.39. The molecule has 3 N–H and O–H groups in total. The van der Waals surface area contributed by atoms with Crippen LogP contribution < -0.4 is 11.3 Å². The number of amides is 1. The second-order valence-electron chi connectivity index (χ2n) is 4.20. The highest BCUT2D eigenvalue weighted by Crippen LogP contribution is 2.17. The van der Waals surface area contributed by atoms with Crippen molar-refractivity contribution in [3.63, 3.8) is 0 Å². The third-order valence-corrected chi connectivity index (χ3v) is 2.02. The molecular weight excluding hydrogens is 180 g/mol. The first-order chi connectivity index (χ1) is 6.38. The zero-order valence-corrected chi connectivity index (χ0v) is 8.96. The van der Waals surface area contributed by atoms with Crippen LogP contribution in [0.2, 0.25) is 0 Å². The largest absolute Gasteiger partial charge is 0.290 e. The molecule has 5 nitrogen and oxygen atoms in total. The van der Waals surface area contributed by atoms with E-state index in [9.17, 15) is 4.79 Å². The van der Waals surface area contributed by atoms with Crippen LogP contribution in [0.5, 0.6) is 0 Å². The van der Waals surface area contributed by atoms with Crippen molar-refractivity contribution < 1.29 is 4.79 Å². The second-order valence-corrected chi connectivity index (χ2v) is 4.20. The van der Waals surface area contributed by atoms with Crippen molar-refractivity contribution in [1.82, 2.24) is 15.2 Å². The topological polar surface area (TPSA) is 72.9 Å². The van der Waals surface area contributed by atoms with Crippen molar-refractivity contribution in [3.05, 3.63) is 17.5 Å². The van der Waals surface area contributed by atoms with Crippen LogP contribution in [0.15, 0.2) is 6.20 Å². The van der Waals surface area contributed by atoms with Crippen LogP contribution in [-0.4, -0.2) is 15.7 Å². The monoisotopic (exact) mass is 196 g/mol. The van der Waals surface area contributed by atoms with Gasteiger partial charge in [-0.25, -0.2) is 5.84 Å². The van der Waals surface area contributed by atoms with E-state index < -0.39 is 0 Å². The van der Waals surface area contributed by atoms with Crippen molar-refractivity contribution in [3.8, 4) is 0 Å². The van der Waals surface area contributed by atoms with Crippen LogP contribution in [0.25, 0.3) is 0 Å². The molecule has 0 aliphatic heterocycles. The average Bonchev–Trinajstić information content (AvgIpc) is 2.45. The molecule has 0 saturated carbocycles. The van der Waals surface area contributed by atoms with Gasteiger partial charge >= 0.3 is 0 Å². The maximum Gasteiger partial charge on any atom is 0.268 e. The van der Waals surface area contributed by atoms with Gasteiger partial charge in [-0.3, -0.25) is 14.9 Å². The Balaban J connectivity index is 3.15. The van der Waals surface area contributed by atoms with E-state index in [1.165, 1.54) is 6.20 Å². The summed E-state index contributed by atoms with van der Waals surface area (Å²) in [5.74, 6) is 4.75. The Morgan fingerprint density at radius 2 is 2.14 bits per heavy atom. The summed E-state index contributed by atoms with van der Waals surface area (Å²) >= 11 is 0. The summed E-state index contributed by atoms with van der Waals surface area (Å²) in [6.45, 7) is 7.92. The van der Waals surface area contributed by atoms with Gasteiger partial charge in [0.15, 0.2) is 0 Å². The Kier molecular flexibility index (Phi) is 2.62. The predicted molar refractivity (Wildman–Crippen MR) is 53.6 cm³/mol. The van der Waals surface area contributed by atoms with Gasteiger partial charge in [0.25, 0.3) is 5.91 Å². The molecule has 0 aliphatic carbocycles. The van der Waals surface area contributed by atoms with Gasteiger partial charge in [0, 0.05) is 5.69 Å². The molecule has 0 aromatic carbocycles. The molecule has 1 heterocycles. The lowest BCUT2D eigenvalue weighted by Crippen LogP contribution is -2.31. The van der Waals surface area contributed by atoms with Crippen LogP contribution in [0, 0.1) is 6.92 Å². The smallest absolute Gasteiger partial charge is 0.268 e. The molecule has 0 aliphatic rings. The summed E-state index contributed by atoms with van der Waals surface area (Å²) in [7, 11) is 0. The highest BCUT2D eigenvalue weighted by molar-refractivity contribution is 5.94. The van der Waals surface area contributed by atoms with Crippen molar-refractivity contribution in [2.75, 3.05) is 0 Å². The Hall–Kier alpha value is -1.36. The Morgan fingerprint density at radius 3 is 2.50 bits per heavy atom. The summed E-state index contributed by atoms with van der Waals surface area (Å²) < 4.78 is 1.80. The first-order valence-corrected chi connectivity index (χ1v) is 4.44. The number of rotatable bonds is 1. The fourth-order valence-corrected chi connectivity index (χ4v) is 1.39. The maximum absolute atomic E-state index is 11.3. The van der Waals surface area contributed by atoms with Gasteiger partial charge in [0.2, 0.25) is 0 Å². The number of nitrogen functional groups attached to an aromatic ring is 1. The average molecular weight is 196 g/mol. The van der Waals surface area contributed by atoms with Crippen LogP contribution in [0.1, 0.15) is 36.8 Å². The maximum atomic E-state index is 11.3. The number of hydrazine groups is 1. The number of nitrogens with one attached hydrogen (secondary N) is 1. The zero-order chi connectivity index (χ0) is 10.9. The Labute approximate surface area is 83.2 Å². The summed E-state index contributed by atoms with van der Waals surface area (Å²) in [6, 6.07) is 0. The molecule has 78 valence electrons. The van der Waals surface area contributed by atoms with E-state index in [4.69, 9.17) is 5.84 Å². The Bertz CT molecular complexity index is 348. The van der Waals surface area contributed by atoms with E-state index >= 15 is 0 Å². The highest BCUT2D eigenvalue weighted by Gasteiger charge is 2.20. The van der Waals surface area contributed by atoms with Crippen molar-refractivity contribution >= 4 is 5.91 Å². The van der Waals surface area contributed by atoms with E-state index in [0.717, 1.165) is 5.69 Å². The minimum absolute atomic E-state index is 0.128. The predicted octanol–water partition coefficient (Wildman–Crippen LogP) is 0.550. The SMILES string of the molecule is Cc1c(C(=O)NN)cnn1C(C)(C)C. The minimum atomic E-state index is -0.307. The number of aromatic nitrogens is 2. The molecule has 1 aromatic heterocycles. The number of nitrogens with two attached hydrogens (primary N) is 1. The lowest BCUT2D eigenvalue weighted by atomic mass is 10.1. The normalized spacial score (nSPS) is 11.5.